The average Bonchev–Trinajstić information content (AvgIpc) is 2.42. The van der Waals surface area contributed by atoms with Crippen molar-refractivity contribution in [3.8, 4) is 0 Å². The van der Waals surface area contributed by atoms with Gasteiger partial charge in [-0.1, -0.05) is 6.92 Å². The summed E-state index contributed by atoms with van der Waals surface area (Å²) in [5, 5.41) is 12.1. The minimum Gasteiger partial charge on any atom is -0.480 e. The van der Waals surface area contributed by atoms with Crippen LogP contribution in [-0.4, -0.2) is 65.7 Å². The molecule has 21 heavy (non-hydrogen) atoms. The van der Waals surface area contributed by atoms with E-state index >= 15 is 0 Å². The molecule has 1 heterocycles. The molecule has 0 radical (unpaired) electrons. The van der Waals surface area contributed by atoms with Crippen LogP contribution in [0.2, 0.25) is 0 Å². The van der Waals surface area contributed by atoms with Crippen molar-refractivity contribution < 1.29 is 14.7 Å². The lowest BCUT2D eigenvalue weighted by Crippen LogP contribution is -2.53. The van der Waals surface area contributed by atoms with Crippen molar-refractivity contribution in [3.05, 3.63) is 0 Å². The van der Waals surface area contributed by atoms with Gasteiger partial charge in [-0.25, -0.2) is 9.59 Å². The van der Waals surface area contributed by atoms with E-state index in [9.17, 15) is 14.7 Å². The molecule has 122 valence electrons. The van der Waals surface area contributed by atoms with Gasteiger partial charge in [0.1, 0.15) is 6.04 Å². The summed E-state index contributed by atoms with van der Waals surface area (Å²) in [7, 11) is 2.05. The van der Waals surface area contributed by atoms with Gasteiger partial charge in [-0.2, -0.15) is 0 Å². The number of nitrogens with one attached hydrogen (secondary N) is 1. The van der Waals surface area contributed by atoms with E-state index < -0.39 is 12.0 Å². The van der Waals surface area contributed by atoms with Crippen molar-refractivity contribution in [1.82, 2.24) is 15.1 Å². The maximum atomic E-state index is 12.1. The Kier molecular flexibility index (Phi) is 6.95. The summed E-state index contributed by atoms with van der Waals surface area (Å²) in [6.45, 7) is 8.31. The first-order valence-electron chi connectivity index (χ1n) is 7.80. The molecule has 6 heteroatoms. The summed E-state index contributed by atoms with van der Waals surface area (Å²) in [4.78, 5) is 27.1. The second-order valence-electron chi connectivity index (χ2n) is 6.34. The summed E-state index contributed by atoms with van der Waals surface area (Å²) in [5.41, 5.74) is 0. The number of rotatable bonds is 6. The van der Waals surface area contributed by atoms with Crippen molar-refractivity contribution in [2.45, 2.75) is 52.1 Å². The number of amides is 2. The molecular formula is C15H29N3O3. The van der Waals surface area contributed by atoms with E-state index in [0.29, 0.717) is 31.5 Å². The van der Waals surface area contributed by atoms with Gasteiger partial charge < -0.3 is 20.2 Å². The van der Waals surface area contributed by atoms with Crippen molar-refractivity contribution in [1.29, 1.82) is 0 Å². The normalized spacial score (nSPS) is 22.7. The molecule has 0 saturated carbocycles. The van der Waals surface area contributed by atoms with Crippen LogP contribution in [0.4, 0.5) is 4.79 Å². The molecule has 2 atom stereocenters. The lowest BCUT2D eigenvalue weighted by Gasteiger charge is -2.36. The van der Waals surface area contributed by atoms with Crippen LogP contribution in [0, 0.1) is 5.92 Å². The zero-order valence-electron chi connectivity index (χ0n) is 13.6. The van der Waals surface area contributed by atoms with Crippen molar-refractivity contribution in [2.75, 3.05) is 26.7 Å². The average molecular weight is 299 g/mol. The summed E-state index contributed by atoms with van der Waals surface area (Å²) < 4.78 is 0. The Balaban J connectivity index is 2.38. The van der Waals surface area contributed by atoms with Gasteiger partial charge >= 0.3 is 12.0 Å². The summed E-state index contributed by atoms with van der Waals surface area (Å²) in [5.74, 6) is -0.550. The van der Waals surface area contributed by atoms with E-state index in [-0.39, 0.29) is 6.03 Å². The standard InChI is InChI=1S/C15H29N3O3/c1-11(2)17(4)8-5-7-16-15(21)18-9-6-12(3)10-13(18)14(19)20/h11-13H,5-10H2,1-4H3,(H,16,21)(H,19,20). The fraction of sp³-hybridized carbons (Fsp3) is 0.867. The molecule has 2 unspecified atom stereocenters. The van der Waals surface area contributed by atoms with Gasteiger partial charge in [-0.05, 0) is 52.6 Å². The van der Waals surface area contributed by atoms with Gasteiger partial charge in [0, 0.05) is 19.1 Å². The first-order chi connectivity index (χ1) is 9.82. The Bertz CT molecular complexity index is 360. The predicted molar refractivity (Wildman–Crippen MR) is 82.3 cm³/mol. The number of likely N-dealkylation sites (tertiary alicyclic amines) is 1. The van der Waals surface area contributed by atoms with Crippen LogP contribution in [-0.2, 0) is 4.79 Å². The van der Waals surface area contributed by atoms with Crippen molar-refractivity contribution >= 4 is 12.0 Å². The molecular weight excluding hydrogens is 270 g/mol. The van der Waals surface area contributed by atoms with Gasteiger partial charge in [-0.3, -0.25) is 0 Å². The van der Waals surface area contributed by atoms with E-state index in [1.165, 1.54) is 4.90 Å². The number of urea groups is 1. The summed E-state index contributed by atoms with van der Waals surface area (Å²) >= 11 is 0. The monoisotopic (exact) mass is 299 g/mol. The second-order valence-corrected chi connectivity index (χ2v) is 6.34. The Morgan fingerprint density at radius 1 is 1.43 bits per heavy atom. The highest BCUT2D eigenvalue weighted by Crippen LogP contribution is 2.22. The number of carbonyl (C=O) groups excluding carboxylic acids is 1. The van der Waals surface area contributed by atoms with Crippen LogP contribution >= 0.6 is 0 Å². The first-order valence-corrected chi connectivity index (χ1v) is 7.80. The van der Waals surface area contributed by atoms with E-state index in [1.807, 2.05) is 6.92 Å². The number of carboxylic acid groups (broad SMARTS) is 1. The zero-order chi connectivity index (χ0) is 16.0. The molecule has 0 spiro atoms. The van der Waals surface area contributed by atoms with Crippen LogP contribution in [0.3, 0.4) is 0 Å². The molecule has 0 aromatic carbocycles. The number of hydrogen-bond donors (Lipinski definition) is 2. The molecule has 1 saturated heterocycles. The second kappa shape index (κ2) is 8.22. The van der Waals surface area contributed by atoms with Crippen molar-refractivity contribution in [2.24, 2.45) is 5.92 Å². The van der Waals surface area contributed by atoms with E-state index in [2.05, 4.69) is 31.1 Å². The van der Waals surface area contributed by atoms with Crippen LogP contribution in [0.25, 0.3) is 0 Å². The van der Waals surface area contributed by atoms with E-state index in [4.69, 9.17) is 0 Å². The van der Waals surface area contributed by atoms with Gasteiger partial charge in [0.15, 0.2) is 0 Å². The number of piperidine rings is 1. The van der Waals surface area contributed by atoms with Gasteiger partial charge in [0.2, 0.25) is 0 Å². The van der Waals surface area contributed by atoms with Gasteiger partial charge in [0.05, 0.1) is 0 Å². The largest absolute Gasteiger partial charge is 0.480 e. The highest BCUT2D eigenvalue weighted by Gasteiger charge is 2.34. The van der Waals surface area contributed by atoms with Crippen LogP contribution in [0.1, 0.15) is 40.0 Å². The van der Waals surface area contributed by atoms with Gasteiger partial charge in [0.25, 0.3) is 0 Å². The quantitative estimate of drug-likeness (QED) is 0.731. The molecule has 0 aliphatic carbocycles. The third-order valence-electron chi connectivity index (χ3n) is 4.26. The highest BCUT2D eigenvalue weighted by atomic mass is 16.4. The number of carboxylic acids is 1. The third-order valence-corrected chi connectivity index (χ3v) is 4.26. The maximum Gasteiger partial charge on any atom is 0.326 e. The molecule has 1 aliphatic rings. The number of hydrogen-bond acceptors (Lipinski definition) is 3. The molecule has 0 aromatic heterocycles. The Morgan fingerprint density at radius 2 is 2.10 bits per heavy atom. The fourth-order valence-corrected chi connectivity index (χ4v) is 2.50. The number of carbonyl (C=O) groups is 2. The lowest BCUT2D eigenvalue weighted by atomic mass is 9.93. The molecule has 0 bridgehead atoms. The lowest BCUT2D eigenvalue weighted by molar-refractivity contribution is -0.143. The summed E-state index contributed by atoms with van der Waals surface area (Å²) in [6, 6.07) is -0.450. The predicted octanol–water partition coefficient (Wildman–Crippen LogP) is 1.61. The molecule has 0 aromatic rings. The maximum absolute atomic E-state index is 12.1. The van der Waals surface area contributed by atoms with Gasteiger partial charge in [-0.15, -0.1) is 0 Å². The van der Waals surface area contributed by atoms with Crippen LogP contribution in [0.5, 0.6) is 0 Å². The Morgan fingerprint density at radius 3 is 2.67 bits per heavy atom. The zero-order valence-corrected chi connectivity index (χ0v) is 13.6. The van der Waals surface area contributed by atoms with Crippen LogP contribution < -0.4 is 5.32 Å². The molecule has 2 N–H and O–H groups in total. The fourth-order valence-electron chi connectivity index (χ4n) is 2.50. The molecule has 2 amide bonds. The van der Waals surface area contributed by atoms with Crippen molar-refractivity contribution in [3.63, 3.8) is 0 Å². The van der Waals surface area contributed by atoms with E-state index in [1.54, 1.807) is 0 Å². The van der Waals surface area contributed by atoms with E-state index in [0.717, 1.165) is 19.4 Å². The highest BCUT2D eigenvalue weighted by molar-refractivity contribution is 5.82. The molecule has 1 fully saturated rings. The number of aliphatic carboxylic acids is 1. The summed E-state index contributed by atoms with van der Waals surface area (Å²) in [6.07, 6.45) is 2.27. The van der Waals surface area contributed by atoms with Crippen LogP contribution in [0.15, 0.2) is 0 Å². The minimum atomic E-state index is -0.906. The number of nitrogens with zero attached hydrogens (tertiary/aromatic N) is 2. The SMILES string of the molecule is CC1CCN(C(=O)NCCCN(C)C(C)C)C(C(=O)O)C1. The molecule has 1 aliphatic heterocycles. The molecule has 6 nitrogen and oxygen atoms in total. The molecule has 1 rings (SSSR count). The Hall–Kier alpha value is -1.30. The minimum absolute atomic E-state index is 0.249. The Labute approximate surface area is 127 Å². The third kappa shape index (κ3) is 5.53. The first kappa shape index (κ1) is 17.8. The topological polar surface area (TPSA) is 72.9 Å². The smallest absolute Gasteiger partial charge is 0.326 e.